The highest BCUT2D eigenvalue weighted by Gasteiger charge is 2.19. The summed E-state index contributed by atoms with van der Waals surface area (Å²) in [4.78, 5) is 0. The Hall–Kier alpha value is -2.59. The lowest BCUT2D eigenvalue weighted by molar-refractivity contribution is 0.425. The second-order valence-electron chi connectivity index (χ2n) is 5.93. The summed E-state index contributed by atoms with van der Waals surface area (Å²) in [6.07, 6.45) is 1.74. The number of benzene rings is 2. The van der Waals surface area contributed by atoms with E-state index in [2.05, 4.69) is 19.1 Å². The van der Waals surface area contributed by atoms with Crippen LogP contribution < -0.4 is 10.5 Å². The highest BCUT2D eigenvalue weighted by Crippen LogP contribution is 2.33. The monoisotopic (exact) mass is 321 g/mol. The van der Waals surface area contributed by atoms with Crippen LogP contribution in [0.1, 0.15) is 17.5 Å². The quantitative estimate of drug-likeness (QED) is 0.744. The maximum Gasteiger partial charge on any atom is 0.221 e. The van der Waals surface area contributed by atoms with Gasteiger partial charge >= 0.3 is 0 Å². The number of nitrogens with zero attached hydrogens (tertiary/aromatic N) is 2. The number of aromatic nitrogens is 2. The molecule has 3 rings (SSSR count). The summed E-state index contributed by atoms with van der Waals surface area (Å²) < 4.78 is 7.97. The van der Waals surface area contributed by atoms with E-state index < -0.39 is 0 Å². The van der Waals surface area contributed by atoms with Crippen molar-refractivity contribution in [3.63, 3.8) is 0 Å². The Morgan fingerprint density at radius 1 is 1.04 bits per heavy atom. The van der Waals surface area contributed by atoms with Crippen LogP contribution in [0.4, 0.5) is 0 Å². The van der Waals surface area contributed by atoms with Crippen LogP contribution in [0.5, 0.6) is 11.6 Å². The molecule has 0 bridgehead atoms. The molecule has 0 radical (unpaired) electrons. The number of hydrogen-bond acceptors (Lipinski definition) is 3. The Labute approximate surface area is 142 Å². The molecule has 0 unspecified atom stereocenters. The van der Waals surface area contributed by atoms with E-state index >= 15 is 0 Å². The average Bonchev–Trinajstić information content (AvgIpc) is 2.92. The fraction of sp³-hybridized carbons (Fsp3) is 0.250. The van der Waals surface area contributed by atoms with Crippen LogP contribution in [-0.2, 0) is 13.5 Å². The van der Waals surface area contributed by atoms with Gasteiger partial charge in [-0.15, -0.1) is 0 Å². The molecule has 0 spiro atoms. The highest BCUT2D eigenvalue weighted by atomic mass is 16.5. The lowest BCUT2D eigenvalue weighted by Crippen LogP contribution is -2.02. The van der Waals surface area contributed by atoms with E-state index in [1.165, 1.54) is 5.56 Å². The third kappa shape index (κ3) is 3.49. The van der Waals surface area contributed by atoms with Crippen molar-refractivity contribution in [2.24, 2.45) is 12.8 Å². The van der Waals surface area contributed by atoms with E-state index in [0.717, 1.165) is 41.3 Å². The highest BCUT2D eigenvalue weighted by molar-refractivity contribution is 5.65. The van der Waals surface area contributed by atoms with Crippen LogP contribution in [0.25, 0.3) is 11.3 Å². The van der Waals surface area contributed by atoms with Gasteiger partial charge in [-0.3, -0.25) is 0 Å². The first-order valence-corrected chi connectivity index (χ1v) is 8.25. The Kier molecular flexibility index (Phi) is 4.96. The fourth-order valence-corrected chi connectivity index (χ4v) is 2.73. The van der Waals surface area contributed by atoms with Crippen molar-refractivity contribution in [1.82, 2.24) is 9.78 Å². The van der Waals surface area contributed by atoms with Gasteiger partial charge in [0.05, 0.1) is 5.69 Å². The van der Waals surface area contributed by atoms with E-state index in [9.17, 15) is 0 Å². The Bertz CT molecular complexity index is 792. The molecule has 0 atom stereocenters. The SMILES string of the molecule is Cc1ccc(Oc2c(CCCN)c(-c3ccccc3)nn2C)cc1. The van der Waals surface area contributed by atoms with Gasteiger partial charge in [-0.1, -0.05) is 48.0 Å². The van der Waals surface area contributed by atoms with Gasteiger partial charge in [0.15, 0.2) is 0 Å². The van der Waals surface area contributed by atoms with Crippen molar-refractivity contribution in [3.05, 3.63) is 65.7 Å². The molecule has 124 valence electrons. The lowest BCUT2D eigenvalue weighted by Gasteiger charge is -2.09. The molecule has 1 aromatic heterocycles. The molecule has 0 amide bonds. The fourth-order valence-electron chi connectivity index (χ4n) is 2.73. The molecule has 2 aromatic carbocycles. The van der Waals surface area contributed by atoms with Crippen LogP contribution in [-0.4, -0.2) is 16.3 Å². The van der Waals surface area contributed by atoms with Crippen molar-refractivity contribution in [2.45, 2.75) is 19.8 Å². The molecule has 24 heavy (non-hydrogen) atoms. The first-order valence-electron chi connectivity index (χ1n) is 8.25. The smallest absolute Gasteiger partial charge is 0.221 e. The number of aryl methyl sites for hydroxylation is 2. The van der Waals surface area contributed by atoms with Crippen LogP contribution in [0.15, 0.2) is 54.6 Å². The second kappa shape index (κ2) is 7.32. The zero-order chi connectivity index (χ0) is 16.9. The Morgan fingerprint density at radius 3 is 2.42 bits per heavy atom. The molecule has 4 nitrogen and oxygen atoms in total. The first-order chi connectivity index (χ1) is 11.7. The molecule has 0 aliphatic carbocycles. The Balaban J connectivity index is 2.01. The van der Waals surface area contributed by atoms with E-state index in [0.29, 0.717) is 6.54 Å². The molecular weight excluding hydrogens is 298 g/mol. The summed E-state index contributed by atoms with van der Waals surface area (Å²) in [5.41, 5.74) is 10.1. The van der Waals surface area contributed by atoms with Crippen molar-refractivity contribution in [3.8, 4) is 22.9 Å². The van der Waals surface area contributed by atoms with Gasteiger partial charge in [0.25, 0.3) is 0 Å². The number of nitrogens with two attached hydrogens (primary N) is 1. The summed E-state index contributed by atoms with van der Waals surface area (Å²) >= 11 is 0. The Morgan fingerprint density at radius 2 is 1.75 bits per heavy atom. The normalized spacial score (nSPS) is 10.8. The van der Waals surface area contributed by atoms with Gasteiger partial charge in [-0.2, -0.15) is 5.10 Å². The lowest BCUT2D eigenvalue weighted by atomic mass is 10.0. The van der Waals surface area contributed by atoms with E-state index in [-0.39, 0.29) is 0 Å². The molecule has 0 aliphatic heterocycles. The predicted octanol–water partition coefficient (Wildman–Crippen LogP) is 4.08. The number of hydrogen-bond donors (Lipinski definition) is 1. The second-order valence-corrected chi connectivity index (χ2v) is 5.93. The molecule has 0 saturated heterocycles. The van der Waals surface area contributed by atoms with Gasteiger partial charge < -0.3 is 10.5 Å². The van der Waals surface area contributed by atoms with Crippen molar-refractivity contribution in [2.75, 3.05) is 6.54 Å². The van der Waals surface area contributed by atoms with E-state index in [1.807, 2.05) is 54.2 Å². The topological polar surface area (TPSA) is 53.1 Å². The molecule has 3 aromatic rings. The van der Waals surface area contributed by atoms with Gasteiger partial charge in [-0.05, 0) is 38.4 Å². The molecule has 0 fully saturated rings. The zero-order valence-corrected chi connectivity index (χ0v) is 14.2. The van der Waals surface area contributed by atoms with Gasteiger partial charge in [0.2, 0.25) is 5.88 Å². The number of rotatable bonds is 6. The maximum absolute atomic E-state index is 6.15. The average molecular weight is 321 g/mol. The van der Waals surface area contributed by atoms with Crippen LogP contribution in [0.2, 0.25) is 0 Å². The standard InChI is InChI=1S/C20H23N3O/c1-15-10-12-17(13-11-15)24-20-18(9-6-14-21)19(22-23(20)2)16-7-4-3-5-8-16/h3-5,7-8,10-13H,6,9,14,21H2,1-2H3. The van der Waals surface area contributed by atoms with Crippen molar-refractivity contribution >= 4 is 0 Å². The third-order valence-corrected chi connectivity index (χ3v) is 4.00. The summed E-state index contributed by atoms with van der Waals surface area (Å²) in [6, 6.07) is 18.3. The largest absolute Gasteiger partial charge is 0.439 e. The molecule has 0 aliphatic rings. The third-order valence-electron chi connectivity index (χ3n) is 4.00. The molecule has 2 N–H and O–H groups in total. The summed E-state index contributed by atoms with van der Waals surface area (Å²) in [7, 11) is 1.92. The van der Waals surface area contributed by atoms with E-state index in [4.69, 9.17) is 15.6 Å². The van der Waals surface area contributed by atoms with Crippen LogP contribution in [0.3, 0.4) is 0 Å². The van der Waals surface area contributed by atoms with Crippen LogP contribution >= 0.6 is 0 Å². The number of ether oxygens (including phenoxy) is 1. The zero-order valence-electron chi connectivity index (χ0n) is 14.2. The van der Waals surface area contributed by atoms with Crippen molar-refractivity contribution < 1.29 is 4.74 Å². The van der Waals surface area contributed by atoms with Gasteiger partial charge in [0, 0.05) is 18.2 Å². The molecule has 4 heteroatoms. The maximum atomic E-state index is 6.15. The van der Waals surface area contributed by atoms with Crippen LogP contribution in [0, 0.1) is 6.92 Å². The molecular formula is C20H23N3O. The van der Waals surface area contributed by atoms with Crippen molar-refractivity contribution in [1.29, 1.82) is 0 Å². The molecule has 1 heterocycles. The summed E-state index contributed by atoms with van der Waals surface area (Å²) in [6.45, 7) is 2.71. The summed E-state index contributed by atoms with van der Waals surface area (Å²) in [5.74, 6) is 1.60. The minimum Gasteiger partial charge on any atom is -0.439 e. The predicted molar refractivity (Wildman–Crippen MR) is 97.3 cm³/mol. The van der Waals surface area contributed by atoms with E-state index in [1.54, 1.807) is 0 Å². The van der Waals surface area contributed by atoms with Gasteiger partial charge in [0.1, 0.15) is 5.75 Å². The minimum absolute atomic E-state index is 0.646. The molecule has 0 saturated carbocycles. The minimum atomic E-state index is 0.646. The first kappa shape index (κ1) is 16.3. The van der Waals surface area contributed by atoms with Gasteiger partial charge in [-0.25, -0.2) is 4.68 Å². The summed E-state index contributed by atoms with van der Waals surface area (Å²) in [5, 5.41) is 4.70.